The lowest BCUT2D eigenvalue weighted by Gasteiger charge is -2.20. The zero-order valence-corrected chi connectivity index (χ0v) is 16.9. The van der Waals surface area contributed by atoms with E-state index < -0.39 is 17.5 Å². The number of amides is 3. The fraction of sp³-hybridized carbons (Fsp3) is 0.0800. The van der Waals surface area contributed by atoms with E-state index in [0.29, 0.717) is 5.56 Å². The summed E-state index contributed by atoms with van der Waals surface area (Å²) in [6.07, 6.45) is 1.58. The Morgan fingerprint density at radius 1 is 0.871 bits per heavy atom. The van der Waals surface area contributed by atoms with Crippen molar-refractivity contribution in [3.63, 3.8) is 0 Å². The molecule has 0 aliphatic carbocycles. The number of urea groups is 1. The van der Waals surface area contributed by atoms with E-state index in [1.54, 1.807) is 13.1 Å². The fourth-order valence-corrected chi connectivity index (χ4v) is 3.94. The van der Waals surface area contributed by atoms with Crippen molar-refractivity contribution in [2.45, 2.75) is 12.5 Å². The number of fused-ring (bicyclic) bond motifs is 1. The van der Waals surface area contributed by atoms with Gasteiger partial charge in [-0.15, -0.1) is 5.01 Å². The van der Waals surface area contributed by atoms with Crippen molar-refractivity contribution in [3.8, 4) is 11.3 Å². The molecule has 6 nitrogen and oxygen atoms in total. The number of aromatic nitrogens is 1. The van der Waals surface area contributed by atoms with Crippen LogP contribution in [0.4, 0.5) is 4.79 Å². The van der Waals surface area contributed by atoms with Gasteiger partial charge in [0.2, 0.25) is 0 Å². The Kier molecular flexibility index (Phi) is 4.40. The van der Waals surface area contributed by atoms with Crippen LogP contribution in [0.3, 0.4) is 0 Å². The number of carbonyl (C=O) groups excluding carboxylic acids is 2. The van der Waals surface area contributed by atoms with Gasteiger partial charge in [-0.3, -0.25) is 4.79 Å². The number of carbonyl (C=O) groups is 2. The van der Waals surface area contributed by atoms with Gasteiger partial charge in [0.15, 0.2) is 0 Å². The standard InChI is InChI=1S/C25H20N4O2/c1-25(18-12-6-3-7-13-18)23(30)29(24(31)28-25)26-16-20-19-14-8-9-15-21(19)27-22(20)17-10-4-2-5-11-17/h2-16,27H,1H3,(H,28,31)/b26-16+/t25-/m0/s1. The Labute approximate surface area is 179 Å². The molecule has 1 aliphatic heterocycles. The second-order valence-corrected chi connectivity index (χ2v) is 7.61. The van der Waals surface area contributed by atoms with Crippen molar-refractivity contribution in [2.24, 2.45) is 5.10 Å². The Bertz CT molecular complexity index is 1310. The van der Waals surface area contributed by atoms with Gasteiger partial charge in [0.05, 0.1) is 11.9 Å². The monoisotopic (exact) mass is 408 g/mol. The largest absolute Gasteiger partial charge is 0.354 e. The molecule has 3 amide bonds. The van der Waals surface area contributed by atoms with Crippen LogP contribution < -0.4 is 5.32 Å². The van der Waals surface area contributed by atoms with Gasteiger partial charge in [-0.05, 0) is 24.1 Å². The maximum absolute atomic E-state index is 13.1. The van der Waals surface area contributed by atoms with Crippen LogP contribution in [0.5, 0.6) is 0 Å². The van der Waals surface area contributed by atoms with Gasteiger partial charge >= 0.3 is 6.03 Å². The summed E-state index contributed by atoms with van der Waals surface area (Å²) in [4.78, 5) is 29.2. The molecule has 1 fully saturated rings. The molecule has 0 radical (unpaired) electrons. The van der Waals surface area contributed by atoms with Gasteiger partial charge in [-0.2, -0.15) is 5.10 Å². The van der Waals surface area contributed by atoms with E-state index in [-0.39, 0.29) is 0 Å². The first-order valence-corrected chi connectivity index (χ1v) is 10.0. The third kappa shape index (κ3) is 3.09. The molecule has 3 aromatic carbocycles. The first-order valence-electron chi connectivity index (χ1n) is 10.0. The molecule has 1 saturated heterocycles. The van der Waals surface area contributed by atoms with Crippen LogP contribution in [0, 0.1) is 0 Å². The number of rotatable bonds is 4. The molecule has 0 bridgehead atoms. The molecule has 2 N–H and O–H groups in total. The second kappa shape index (κ2) is 7.25. The van der Waals surface area contributed by atoms with Crippen molar-refractivity contribution in [3.05, 3.63) is 96.1 Å². The third-order valence-corrected chi connectivity index (χ3v) is 5.63. The average Bonchev–Trinajstić information content (AvgIpc) is 3.28. The topological polar surface area (TPSA) is 77.6 Å². The summed E-state index contributed by atoms with van der Waals surface area (Å²) in [7, 11) is 0. The lowest BCUT2D eigenvalue weighted by Crippen LogP contribution is -2.40. The Morgan fingerprint density at radius 3 is 2.26 bits per heavy atom. The average molecular weight is 408 g/mol. The van der Waals surface area contributed by atoms with Crippen molar-refractivity contribution in [1.82, 2.24) is 15.3 Å². The Balaban J connectivity index is 1.55. The highest BCUT2D eigenvalue weighted by Gasteiger charge is 2.49. The SMILES string of the molecule is C[C@@]1(c2ccccc2)NC(=O)N(/N=C/c2c(-c3ccccc3)[nH]c3ccccc23)C1=O. The van der Waals surface area contributed by atoms with Gasteiger partial charge in [-0.25, -0.2) is 4.79 Å². The van der Waals surface area contributed by atoms with E-state index >= 15 is 0 Å². The summed E-state index contributed by atoms with van der Waals surface area (Å²) in [6.45, 7) is 1.69. The van der Waals surface area contributed by atoms with Crippen molar-refractivity contribution in [2.75, 3.05) is 0 Å². The Morgan fingerprint density at radius 2 is 1.52 bits per heavy atom. The van der Waals surface area contributed by atoms with Crippen LogP contribution in [0.2, 0.25) is 0 Å². The second-order valence-electron chi connectivity index (χ2n) is 7.61. The maximum atomic E-state index is 13.1. The molecule has 6 heteroatoms. The molecule has 2 heterocycles. The van der Waals surface area contributed by atoms with Gasteiger partial charge in [0.1, 0.15) is 5.54 Å². The molecule has 1 atom stereocenters. The van der Waals surface area contributed by atoms with Gasteiger partial charge < -0.3 is 10.3 Å². The number of imide groups is 1. The summed E-state index contributed by atoms with van der Waals surface area (Å²) in [5, 5.41) is 8.95. The molecular formula is C25H20N4O2. The minimum atomic E-state index is -1.15. The quantitative estimate of drug-likeness (QED) is 0.381. The van der Waals surface area contributed by atoms with Gasteiger partial charge in [0, 0.05) is 16.5 Å². The zero-order chi connectivity index (χ0) is 21.4. The number of benzene rings is 3. The van der Waals surface area contributed by atoms with Crippen molar-refractivity contribution < 1.29 is 9.59 Å². The molecule has 0 saturated carbocycles. The van der Waals surface area contributed by atoms with E-state index in [0.717, 1.165) is 32.7 Å². The highest BCUT2D eigenvalue weighted by molar-refractivity contribution is 6.10. The molecule has 152 valence electrons. The van der Waals surface area contributed by atoms with Crippen LogP contribution in [0.25, 0.3) is 22.2 Å². The number of para-hydroxylation sites is 1. The summed E-state index contributed by atoms with van der Waals surface area (Å²) >= 11 is 0. The van der Waals surface area contributed by atoms with Crippen LogP contribution in [-0.2, 0) is 10.3 Å². The van der Waals surface area contributed by atoms with Gasteiger partial charge in [-0.1, -0.05) is 78.9 Å². The Hall–Kier alpha value is -4.19. The highest BCUT2D eigenvalue weighted by Crippen LogP contribution is 2.31. The lowest BCUT2D eigenvalue weighted by atomic mass is 9.92. The summed E-state index contributed by atoms with van der Waals surface area (Å²) < 4.78 is 0. The van der Waals surface area contributed by atoms with E-state index in [4.69, 9.17) is 0 Å². The number of hydrogen-bond donors (Lipinski definition) is 2. The fourth-order valence-electron chi connectivity index (χ4n) is 3.94. The van der Waals surface area contributed by atoms with Crippen molar-refractivity contribution >= 4 is 29.1 Å². The van der Waals surface area contributed by atoms with Crippen LogP contribution in [-0.4, -0.2) is 28.1 Å². The van der Waals surface area contributed by atoms with E-state index in [9.17, 15) is 9.59 Å². The number of nitrogens with one attached hydrogen (secondary N) is 2. The zero-order valence-electron chi connectivity index (χ0n) is 16.9. The first-order chi connectivity index (χ1) is 15.1. The predicted molar refractivity (Wildman–Crippen MR) is 121 cm³/mol. The number of H-pyrrole nitrogens is 1. The maximum Gasteiger partial charge on any atom is 0.346 e. The molecule has 31 heavy (non-hydrogen) atoms. The molecule has 0 spiro atoms. The van der Waals surface area contributed by atoms with Crippen LogP contribution in [0.1, 0.15) is 18.1 Å². The van der Waals surface area contributed by atoms with Gasteiger partial charge in [0.25, 0.3) is 5.91 Å². The summed E-state index contributed by atoms with van der Waals surface area (Å²) in [5.74, 6) is -0.416. The first kappa shape index (κ1) is 18.8. The van der Waals surface area contributed by atoms with Crippen LogP contribution in [0.15, 0.2) is 90.0 Å². The van der Waals surface area contributed by atoms with E-state index in [1.165, 1.54) is 0 Å². The highest BCUT2D eigenvalue weighted by atomic mass is 16.2. The van der Waals surface area contributed by atoms with Crippen molar-refractivity contribution in [1.29, 1.82) is 0 Å². The molecule has 1 aromatic heterocycles. The minimum Gasteiger partial charge on any atom is -0.354 e. The lowest BCUT2D eigenvalue weighted by molar-refractivity contribution is -0.131. The minimum absolute atomic E-state index is 0.416. The molecule has 0 unspecified atom stereocenters. The molecular weight excluding hydrogens is 388 g/mol. The molecule has 5 rings (SSSR count). The molecule has 1 aliphatic rings. The number of nitrogens with zero attached hydrogens (tertiary/aromatic N) is 2. The smallest absolute Gasteiger partial charge is 0.346 e. The summed E-state index contributed by atoms with van der Waals surface area (Å²) in [5.41, 5.74) is 3.20. The number of aromatic amines is 1. The molecule has 4 aromatic rings. The summed E-state index contributed by atoms with van der Waals surface area (Å²) in [6, 6.07) is 26.4. The number of hydrazone groups is 1. The normalized spacial score (nSPS) is 18.8. The van der Waals surface area contributed by atoms with E-state index in [1.807, 2.05) is 84.9 Å². The number of hydrogen-bond acceptors (Lipinski definition) is 3. The third-order valence-electron chi connectivity index (χ3n) is 5.63. The van der Waals surface area contributed by atoms with Crippen LogP contribution >= 0.6 is 0 Å². The predicted octanol–water partition coefficient (Wildman–Crippen LogP) is 4.64. The van der Waals surface area contributed by atoms with E-state index in [2.05, 4.69) is 15.4 Å².